The maximum absolute atomic E-state index is 10.9. The molecular formula is C14H14O4. The number of aryl methyl sites for hydroxylation is 1. The molecule has 1 aromatic heterocycles. The second-order valence-electron chi connectivity index (χ2n) is 3.85. The first-order valence-electron chi connectivity index (χ1n) is 5.72. The van der Waals surface area contributed by atoms with E-state index in [1.54, 1.807) is 0 Å². The Hall–Kier alpha value is -2.23. The fourth-order valence-electron chi connectivity index (χ4n) is 1.61. The Morgan fingerprint density at radius 3 is 2.61 bits per heavy atom. The van der Waals surface area contributed by atoms with Crippen molar-refractivity contribution in [2.24, 2.45) is 0 Å². The average molecular weight is 246 g/mol. The van der Waals surface area contributed by atoms with Crippen LogP contribution < -0.4 is 4.74 Å². The van der Waals surface area contributed by atoms with Gasteiger partial charge in [-0.25, -0.2) is 4.79 Å². The standard InChI is InChI=1S/C14H14O4/c1-2-10-3-5-11(6-4-10)18-9-13-12(14(15)16)7-8-17-13/h3-8H,2,9H2,1H3,(H,15,16). The molecule has 0 saturated heterocycles. The van der Waals surface area contributed by atoms with Gasteiger partial charge in [-0.05, 0) is 30.2 Å². The normalized spacial score (nSPS) is 10.3. The summed E-state index contributed by atoms with van der Waals surface area (Å²) in [5, 5.41) is 8.90. The maximum atomic E-state index is 10.9. The van der Waals surface area contributed by atoms with Gasteiger partial charge in [0, 0.05) is 0 Å². The summed E-state index contributed by atoms with van der Waals surface area (Å²) >= 11 is 0. The topological polar surface area (TPSA) is 59.7 Å². The number of rotatable bonds is 5. The van der Waals surface area contributed by atoms with Crippen LogP contribution in [0.4, 0.5) is 0 Å². The lowest BCUT2D eigenvalue weighted by molar-refractivity contribution is 0.0692. The van der Waals surface area contributed by atoms with Gasteiger partial charge in [-0.3, -0.25) is 0 Å². The third-order valence-electron chi connectivity index (χ3n) is 2.68. The van der Waals surface area contributed by atoms with Gasteiger partial charge in [-0.2, -0.15) is 0 Å². The minimum atomic E-state index is -1.01. The molecule has 0 unspecified atom stereocenters. The third kappa shape index (κ3) is 2.71. The number of hydrogen-bond acceptors (Lipinski definition) is 3. The van der Waals surface area contributed by atoms with Crippen LogP contribution in [0.15, 0.2) is 41.0 Å². The quantitative estimate of drug-likeness (QED) is 0.880. The van der Waals surface area contributed by atoms with E-state index in [2.05, 4.69) is 6.92 Å². The van der Waals surface area contributed by atoms with E-state index in [4.69, 9.17) is 14.3 Å². The highest BCUT2D eigenvalue weighted by atomic mass is 16.5. The smallest absolute Gasteiger partial charge is 0.339 e. The molecule has 0 aliphatic heterocycles. The van der Waals surface area contributed by atoms with Gasteiger partial charge >= 0.3 is 5.97 Å². The van der Waals surface area contributed by atoms with Crippen LogP contribution in [0.1, 0.15) is 28.6 Å². The van der Waals surface area contributed by atoms with Gasteiger partial charge in [0.05, 0.1) is 6.26 Å². The molecular weight excluding hydrogens is 232 g/mol. The molecule has 94 valence electrons. The minimum Gasteiger partial charge on any atom is -0.486 e. The highest BCUT2D eigenvalue weighted by Crippen LogP contribution is 2.17. The molecule has 18 heavy (non-hydrogen) atoms. The van der Waals surface area contributed by atoms with Crippen molar-refractivity contribution in [3.05, 3.63) is 53.5 Å². The van der Waals surface area contributed by atoms with Gasteiger partial charge in [0.25, 0.3) is 0 Å². The van der Waals surface area contributed by atoms with E-state index in [-0.39, 0.29) is 12.2 Å². The summed E-state index contributed by atoms with van der Waals surface area (Å²) in [7, 11) is 0. The van der Waals surface area contributed by atoms with E-state index in [9.17, 15) is 4.79 Å². The van der Waals surface area contributed by atoms with Crippen molar-refractivity contribution in [2.75, 3.05) is 0 Å². The zero-order valence-electron chi connectivity index (χ0n) is 10.1. The lowest BCUT2D eigenvalue weighted by atomic mass is 10.2. The van der Waals surface area contributed by atoms with Crippen molar-refractivity contribution in [1.82, 2.24) is 0 Å². The zero-order chi connectivity index (χ0) is 13.0. The van der Waals surface area contributed by atoms with E-state index in [1.807, 2.05) is 24.3 Å². The van der Waals surface area contributed by atoms with Crippen molar-refractivity contribution >= 4 is 5.97 Å². The molecule has 4 heteroatoms. The van der Waals surface area contributed by atoms with Crippen LogP contribution in [0, 0.1) is 0 Å². The summed E-state index contributed by atoms with van der Waals surface area (Å²) in [4.78, 5) is 10.9. The highest BCUT2D eigenvalue weighted by molar-refractivity contribution is 5.88. The Labute approximate surface area is 105 Å². The van der Waals surface area contributed by atoms with Gasteiger partial charge in [-0.15, -0.1) is 0 Å². The van der Waals surface area contributed by atoms with Crippen LogP contribution in [-0.2, 0) is 13.0 Å². The lowest BCUT2D eigenvalue weighted by Gasteiger charge is -2.05. The summed E-state index contributed by atoms with van der Waals surface area (Å²) in [5.74, 6) is 0.00527. The van der Waals surface area contributed by atoms with E-state index in [1.165, 1.54) is 17.9 Å². The number of carboxylic acids is 1. The number of furan rings is 1. The average Bonchev–Trinajstić information content (AvgIpc) is 2.85. The number of ether oxygens (including phenoxy) is 1. The molecule has 0 atom stereocenters. The van der Waals surface area contributed by atoms with Crippen molar-refractivity contribution in [3.63, 3.8) is 0 Å². The molecule has 1 aromatic carbocycles. The maximum Gasteiger partial charge on any atom is 0.339 e. The van der Waals surface area contributed by atoms with Gasteiger partial charge in [0.15, 0.2) is 5.76 Å². The van der Waals surface area contributed by atoms with Crippen LogP contribution in [0.5, 0.6) is 5.75 Å². The SMILES string of the molecule is CCc1ccc(OCc2occc2C(=O)O)cc1. The molecule has 0 radical (unpaired) electrons. The first-order chi connectivity index (χ1) is 8.70. The first kappa shape index (κ1) is 12.2. The molecule has 0 saturated carbocycles. The Morgan fingerprint density at radius 2 is 2.00 bits per heavy atom. The van der Waals surface area contributed by atoms with Gasteiger partial charge in [0.2, 0.25) is 0 Å². The third-order valence-corrected chi connectivity index (χ3v) is 2.68. The van der Waals surface area contributed by atoms with Crippen LogP contribution >= 0.6 is 0 Å². The molecule has 0 spiro atoms. The number of carbonyl (C=O) groups is 1. The molecule has 0 aliphatic rings. The second kappa shape index (κ2) is 5.40. The fraction of sp³-hybridized carbons (Fsp3) is 0.214. The highest BCUT2D eigenvalue weighted by Gasteiger charge is 2.13. The van der Waals surface area contributed by atoms with Crippen molar-refractivity contribution in [1.29, 1.82) is 0 Å². The zero-order valence-corrected chi connectivity index (χ0v) is 10.1. The molecule has 1 heterocycles. The Balaban J connectivity index is 2.02. The molecule has 2 aromatic rings. The summed E-state index contributed by atoms with van der Waals surface area (Å²) < 4.78 is 10.6. The molecule has 0 aliphatic carbocycles. The van der Waals surface area contributed by atoms with Crippen LogP contribution in [0.25, 0.3) is 0 Å². The monoisotopic (exact) mass is 246 g/mol. The lowest BCUT2D eigenvalue weighted by Crippen LogP contribution is -2.02. The van der Waals surface area contributed by atoms with E-state index >= 15 is 0 Å². The number of benzene rings is 1. The van der Waals surface area contributed by atoms with Gasteiger partial charge < -0.3 is 14.3 Å². The molecule has 0 fully saturated rings. The molecule has 1 N–H and O–H groups in total. The van der Waals surface area contributed by atoms with Crippen LogP contribution in [-0.4, -0.2) is 11.1 Å². The van der Waals surface area contributed by atoms with Crippen LogP contribution in [0.3, 0.4) is 0 Å². The molecule has 4 nitrogen and oxygen atoms in total. The Bertz CT molecular complexity index is 525. The van der Waals surface area contributed by atoms with E-state index in [0.29, 0.717) is 11.5 Å². The molecule has 0 amide bonds. The second-order valence-corrected chi connectivity index (χ2v) is 3.85. The Kier molecular flexibility index (Phi) is 3.67. The van der Waals surface area contributed by atoms with Crippen molar-refractivity contribution in [2.45, 2.75) is 20.0 Å². The number of aromatic carboxylic acids is 1. The van der Waals surface area contributed by atoms with Crippen LogP contribution in [0.2, 0.25) is 0 Å². The first-order valence-corrected chi connectivity index (χ1v) is 5.72. The van der Waals surface area contributed by atoms with Crippen molar-refractivity contribution < 1.29 is 19.1 Å². The Morgan fingerprint density at radius 1 is 1.28 bits per heavy atom. The predicted molar refractivity (Wildman–Crippen MR) is 65.8 cm³/mol. The summed E-state index contributed by atoms with van der Waals surface area (Å²) in [6.07, 6.45) is 2.32. The molecule has 2 rings (SSSR count). The number of carboxylic acid groups (broad SMARTS) is 1. The fourth-order valence-corrected chi connectivity index (χ4v) is 1.61. The van der Waals surface area contributed by atoms with E-state index < -0.39 is 5.97 Å². The van der Waals surface area contributed by atoms with Crippen molar-refractivity contribution in [3.8, 4) is 5.75 Å². The molecule has 0 bridgehead atoms. The van der Waals surface area contributed by atoms with E-state index in [0.717, 1.165) is 6.42 Å². The van der Waals surface area contributed by atoms with Gasteiger partial charge in [-0.1, -0.05) is 19.1 Å². The summed E-state index contributed by atoms with van der Waals surface area (Å²) in [6.45, 7) is 2.19. The predicted octanol–water partition coefficient (Wildman–Crippen LogP) is 3.12. The van der Waals surface area contributed by atoms with Gasteiger partial charge in [0.1, 0.15) is 17.9 Å². The summed E-state index contributed by atoms with van der Waals surface area (Å²) in [6, 6.07) is 9.11. The largest absolute Gasteiger partial charge is 0.486 e. The summed E-state index contributed by atoms with van der Waals surface area (Å²) in [5.41, 5.74) is 1.37. The number of hydrogen-bond donors (Lipinski definition) is 1. The minimum absolute atomic E-state index is 0.111.